The molecule has 0 aliphatic carbocycles. The van der Waals surface area contributed by atoms with E-state index < -0.39 is 0 Å². The molecule has 0 unspecified atom stereocenters. The second kappa shape index (κ2) is 9.56. The lowest BCUT2D eigenvalue weighted by Gasteiger charge is -2.38. The van der Waals surface area contributed by atoms with E-state index in [1.165, 1.54) is 11.6 Å². The quantitative estimate of drug-likeness (QED) is 0.547. The number of halogens is 1. The van der Waals surface area contributed by atoms with Crippen LogP contribution in [0.1, 0.15) is 29.5 Å². The van der Waals surface area contributed by atoms with Crippen LogP contribution in [0, 0.1) is 12.7 Å². The second-order valence-corrected chi connectivity index (χ2v) is 8.13. The van der Waals surface area contributed by atoms with Gasteiger partial charge < -0.3 is 24.8 Å². The first-order valence-electron chi connectivity index (χ1n) is 10.8. The fourth-order valence-corrected chi connectivity index (χ4v) is 4.28. The van der Waals surface area contributed by atoms with Gasteiger partial charge in [0.25, 0.3) is 0 Å². The van der Waals surface area contributed by atoms with E-state index in [0.717, 1.165) is 67.6 Å². The molecule has 2 aliphatic heterocycles. The number of rotatable bonds is 6. The van der Waals surface area contributed by atoms with Gasteiger partial charge >= 0.3 is 0 Å². The van der Waals surface area contributed by atoms with Gasteiger partial charge in [0.1, 0.15) is 5.82 Å². The van der Waals surface area contributed by atoms with E-state index in [9.17, 15) is 4.39 Å². The van der Waals surface area contributed by atoms with Gasteiger partial charge in [0, 0.05) is 38.8 Å². The van der Waals surface area contributed by atoms with Crippen LogP contribution in [0.2, 0.25) is 0 Å². The molecule has 4 rings (SSSR count). The van der Waals surface area contributed by atoms with Crippen molar-refractivity contribution in [1.82, 2.24) is 10.6 Å². The van der Waals surface area contributed by atoms with Gasteiger partial charge in [0.15, 0.2) is 17.5 Å². The number of fused-ring (bicyclic) bond motifs is 1. The molecule has 166 valence electrons. The summed E-state index contributed by atoms with van der Waals surface area (Å²) in [4.78, 5) is 4.38. The van der Waals surface area contributed by atoms with Crippen LogP contribution in [0.25, 0.3) is 0 Å². The molecule has 0 radical (unpaired) electrons. The van der Waals surface area contributed by atoms with Gasteiger partial charge in [0.05, 0.1) is 0 Å². The molecule has 6 nitrogen and oxygen atoms in total. The zero-order valence-electron chi connectivity index (χ0n) is 18.2. The van der Waals surface area contributed by atoms with Gasteiger partial charge in [-0.1, -0.05) is 12.1 Å². The number of aliphatic imine (C=N–C) groups is 1. The molecule has 0 amide bonds. The number of nitrogens with one attached hydrogen (secondary N) is 2. The Bertz CT molecular complexity index is 942. The molecular weight excluding hydrogens is 397 g/mol. The lowest BCUT2D eigenvalue weighted by molar-refractivity contribution is 0.0513. The van der Waals surface area contributed by atoms with Crippen LogP contribution in [0.4, 0.5) is 4.39 Å². The van der Waals surface area contributed by atoms with E-state index in [1.54, 1.807) is 13.1 Å². The number of hydrogen-bond acceptors (Lipinski definition) is 4. The van der Waals surface area contributed by atoms with Crippen LogP contribution in [-0.4, -0.2) is 46.1 Å². The van der Waals surface area contributed by atoms with Crippen LogP contribution in [-0.2, 0) is 16.6 Å². The number of ether oxygens (including phenoxy) is 3. The molecule has 0 aromatic heterocycles. The highest BCUT2D eigenvalue weighted by Crippen LogP contribution is 2.40. The zero-order chi connectivity index (χ0) is 21.7. The highest BCUT2D eigenvalue weighted by molar-refractivity contribution is 5.79. The molecule has 2 aromatic carbocycles. The van der Waals surface area contributed by atoms with E-state index in [0.29, 0.717) is 6.54 Å². The highest BCUT2D eigenvalue weighted by atomic mass is 19.1. The molecule has 0 bridgehead atoms. The van der Waals surface area contributed by atoms with Crippen molar-refractivity contribution in [2.45, 2.75) is 31.6 Å². The summed E-state index contributed by atoms with van der Waals surface area (Å²) >= 11 is 0. The van der Waals surface area contributed by atoms with Crippen LogP contribution >= 0.6 is 0 Å². The monoisotopic (exact) mass is 427 g/mol. The molecular formula is C24H30FN3O3. The maximum atomic E-state index is 13.3. The minimum Gasteiger partial charge on any atom is -0.454 e. The molecule has 0 spiro atoms. The average Bonchev–Trinajstić information content (AvgIpc) is 3.26. The summed E-state index contributed by atoms with van der Waals surface area (Å²) in [6, 6.07) is 11.2. The summed E-state index contributed by atoms with van der Waals surface area (Å²) in [5.41, 5.74) is 3.26. The Labute approximate surface area is 182 Å². The number of aryl methyl sites for hydroxylation is 1. The Kier molecular flexibility index (Phi) is 6.61. The van der Waals surface area contributed by atoms with Crippen LogP contribution < -0.4 is 20.1 Å². The molecule has 7 heteroatoms. The van der Waals surface area contributed by atoms with Gasteiger partial charge in [-0.15, -0.1) is 0 Å². The molecule has 2 N–H and O–H groups in total. The highest BCUT2D eigenvalue weighted by Gasteiger charge is 2.35. The molecule has 2 heterocycles. The van der Waals surface area contributed by atoms with E-state index in [-0.39, 0.29) is 18.0 Å². The third kappa shape index (κ3) is 4.93. The summed E-state index contributed by atoms with van der Waals surface area (Å²) in [5.74, 6) is 2.16. The average molecular weight is 428 g/mol. The predicted molar refractivity (Wildman–Crippen MR) is 119 cm³/mol. The Morgan fingerprint density at radius 2 is 1.87 bits per heavy atom. The van der Waals surface area contributed by atoms with Crippen molar-refractivity contribution in [3.63, 3.8) is 0 Å². The van der Waals surface area contributed by atoms with Crippen LogP contribution in [0.5, 0.6) is 11.5 Å². The molecule has 0 atom stereocenters. The Morgan fingerprint density at radius 3 is 2.65 bits per heavy atom. The fraction of sp³-hybridized carbons (Fsp3) is 0.458. The number of guanidine groups is 1. The topological polar surface area (TPSA) is 64.1 Å². The Balaban J connectivity index is 1.39. The number of nitrogens with zero attached hydrogens (tertiary/aromatic N) is 1. The van der Waals surface area contributed by atoms with E-state index in [4.69, 9.17) is 14.2 Å². The smallest absolute Gasteiger partial charge is 0.231 e. The minimum atomic E-state index is -0.197. The van der Waals surface area contributed by atoms with Crippen molar-refractivity contribution < 1.29 is 18.6 Å². The standard InChI is InChI=1S/C24H30FN3O3/c1-17-13-20(25)5-3-18(17)7-10-27-23(26-2)28-15-24(8-11-29-12-9-24)19-4-6-21-22(14-19)31-16-30-21/h3-6,13-14H,7-12,15-16H2,1-2H3,(H2,26,27,28). The van der Waals surface area contributed by atoms with Gasteiger partial charge in [-0.05, 0) is 67.1 Å². The predicted octanol–water partition coefficient (Wildman–Crippen LogP) is 3.32. The normalized spacial score (nSPS) is 17.5. The summed E-state index contributed by atoms with van der Waals surface area (Å²) < 4.78 is 30.0. The molecule has 2 aromatic rings. The van der Waals surface area contributed by atoms with Crippen molar-refractivity contribution in [1.29, 1.82) is 0 Å². The third-order valence-corrected chi connectivity index (χ3v) is 6.24. The van der Waals surface area contributed by atoms with Crippen molar-refractivity contribution in [3.05, 3.63) is 58.9 Å². The Morgan fingerprint density at radius 1 is 1.06 bits per heavy atom. The Hall–Kier alpha value is -2.80. The maximum absolute atomic E-state index is 13.3. The van der Waals surface area contributed by atoms with Gasteiger partial charge in [0.2, 0.25) is 6.79 Å². The molecule has 1 fully saturated rings. The SMILES string of the molecule is CN=C(NCCc1ccc(F)cc1C)NCC1(c2ccc3c(c2)OCO3)CCOCC1. The zero-order valence-corrected chi connectivity index (χ0v) is 18.2. The summed E-state index contributed by atoms with van der Waals surface area (Å²) in [6.07, 6.45) is 2.64. The lowest BCUT2D eigenvalue weighted by atomic mass is 9.74. The maximum Gasteiger partial charge on any atom is 0.231 e. The molecule has 0 saturated carbocycles. The van der Waals surface area contributed by atoms with Crippen molar-refractivity contribution in [2.24, 2.45) is 4.99 Å². The molecule has 31 heavy (non-hydrogen) atoms. The van der Waals surface area contributed by atoms with Gasteiger partial charge in [-0.25, -0.2) is 4.39 Å². The number of benzene rings is 2. The summed E-state index contributed by atoms with van der Waals surface area (Å²) in [7, 11) is 1.77. The fourth-order valence-electron chi connectivity index (χ4n) is 4.28. The minimum absolute atomic E-state index is 0.0651. The van der Waals surface area contributed by atoms with Crippen LogP contribution in [0.3, 0.4) is 0 Å². The lowest BCUT2D eigenvalue weighted by Crippen LogP contribution is -2.48. The van der Waals surface area contributed by atoms with Crippen LogP contribution in [0.15, 0.2) is 41.4 Å². The largest absolute Gasteiger partial charge is 0.454 e. The van der Waals surface area contributed by atoms with E-state index in [1.807, 2.05) is 19.1 Å². The second-order valence-electron chi connectivity index (χ2n) is 8.13. The van der Waals surface area contributed by atoms with Gasteiger partial charge in [-0.2, -0.15) is 0 Å². The van der Waals surface area contributed by atoms with E-state index >= 15 is 0 Å². The first-order chi connectivity index (χ1) is 15.1. The number of hydrogen-bond donors (Lipinski definition) is 2. The van der Waals surface area contributed by atoms with E-state index in [2.05, 4.69) is 27.8 Å². The third-order valence-electron chi connectivity index (χ3n) is 6.24. The van der Waals surface area contributed by atoms with Crippen molar-refractivity contribution >= 4 is 5.96 Å². The first-order valence-corrected chi connectivity index (χ1v) is 10.8. The van der Waals surface area contributed by atoms with Crippen molar-refractivity contribution in [3.8, 4) is 11.5 Å². The molecule has 2 aliphatic rings. The molecule has 1 saturated heterocycles. The van der Waals surface area contributed by atoms with Gasteiger partial charge in [-0.3, -0.25) is 4.99 Å². The first kappa shape index (κ1) is 21.4. The van der Waals surface area contributed by atoms with Crippen molar-refractivity contribution in [2.75, 3.05) is 40.1 Å². The summed E-state index contributed by atoms with van der Waals surface area (Å²) in [5, 5.41) is 6.89. The summed E-state index contributed by atoms with van der Waals surface area (Å²) in [6.45, 7) is 5.12.